The smallest absolute Gasteiger partial charge is 0.188 e. The van der Waals surface area contributed by atoms with Crippen LogP contribution in [0.1, 0.15) is 38.2 Å². The zero-order valence-electron chi connectivity index (χ0n) is 11.2. The summed E-state index contributed by atoms with van der Waals surface area (Å²) in [5, 5.41) is 3.16. The van der Waals surface area contributed by atoms with Gasteiger partial charge in [0.2, 0.25) is 0 Å². The number of hydrogen-bond donors (Lipinski definition) is 2. The number of nitrogens with two attached hydrogens (primary N) is 1. The lowest BCUT2D eigenvalue weighted by molar-refractivity contribution is 0.694. The summed E-state index contributed by atoms with van der Waals surface area (Å²) in [7, 11) is 0. The molecule has 3 N–H and O–H groups in total. The van der Waals surface area contributed by atoms with Crippen molar-refractivity contribution in [2.45, 2.75) is 38.0 Å². The highest BCUT2D eigenvalue weighted by molar-refractivity contribution is 5.77. The van der Waals surface area contributed by atoms with E-state index in [0.717, 1.165) is 19.5 Å². The van der Waals surface area contributed by atoms with Crippen molar-refractivity contribution in [2.24, 2.45) is 10.7 Å². The molecule has 2 rings (SSSR count). The van der Waals surface area contributed by atoms with Gasteiger partial charge in [-0.1, -0.05) is 43.7 Å². The number of nitrogens with one attached hydrogen (secondary N) is 1. The molecule has 1 fully saturated rings. The molecule has 0 unspecified atom stereocenters. The Bertz CT molecular complexity index is 393. The van der Waals surface area contributed by atoms with Crippen LogP contribution >= 0.6 is 0 Å². The molecule has 0 spiro atoms. The molecule has 1 aromatic rings. The molecule has 1 aliphatic carbocycles. The third kappa shape index (κ3) is 3.25. The highest BCUT2D eigenvalue weighted by Crippen LogP contribution is 2.48. The lowest BCUT2D eigenvalue weighted by atomic mass is 9.96. The van der Waals surface area contributed by atoms with Crippen LogP contribution in [0.25, 0.3) is 0 Å². The minimum absolute atomic E-state index is 0.262. The second-order valence-electron chi connectivity index (χ2n) is 5.13. The Morgan fingerprint density at radius 1 is 1.33 bits per heavy atom. The molecule has 3 heteroatoms. The maximum Gasteiger partial charge on any atom is 0.188 e. The van der Waals surface area contributed by atoms with Gasteiger partial charge < -0.3 is 11.1 Å². The molecular weight excluding hydrogens is 222 g/mol. The Kier molecular flexibility index (Phi) is 4.24. The Balaban J connectivity index is 1.88. The van der Waals surface area contributed by atoms with Crippen molar-refractivity contribution in [3.8, 4) is 0 Å². The Morgan fingerprint density at radius 2 is 2.06 bits per heavy atom. The molecule has 1 aromatic carbocycles. The van der Waals surface area contributed by atoms with Crippen LogP contribution < -0.4 is 11.1 Å². The monoisotopic (exact) mass is 245 g/mol. The fourth-order valence-electron chi connectivity index (χ4n) is 2.17. The van der Waals surface area contributed by atoms with Gasteiger partial charge in [-0.15, -0.1) is 0 Å². The van der Waals surface area contributed by atoms with Gasteiger partial charge in [-0.3, -0.25) is 4.99 Å². The van der Waals surface area contributed by atoms with E-state index in [4.69, 9.17) is 5.73 Å². The topological polar surface area (TPSA) is 50.4 Å². The first kappa shape index (κ1) is 12.9. The van der Waals surface area contributed by atoms with Crippen LogP contribution in [-0.4, -0.2) is 19.0 Å². The highest BCUT2D eigenvalue weighted by atomic mass is 15.1. The quantitative estimate of drug-likeness (QED) is 0.459. The predicted molar refractivity (Wildman–Crippen MR) is 76.8 cm³/mol. The summed E-state index contributed by atoms with van der Waals surface area (Å²) >= 11 is 0. The summed E-state index contributed by atoms with van der Waals surface area (Å²) in [5.74, 6) is 0.589. The summed E-state index contributed by atoms with van der Waals surface area (Å²) in [5.41, 5.74) is 7.53. The molecule has 0 saturated heterocycles. The molecule has 0 bridgehead atoms. The van der Waals surface area contributed by atoms with Gasteiger partial charge >= 0.3 is 0 Å². The summed E-state index contributed by atoms with van der Waals surface area (Å²) in [6.45, 7) is 3.90. The molecule has 0 amide bonds. The van der Waals surface area contributed by atoms with Crippen LogP contribution in [-0.2, 0) is 5.41 Å². The second-order valence-corrected chi connectivity index (χ2v) is 5.13. The first-order valence-corrected chi connectivity index (χ1v) is 6.86. The van der Waals surface area contributed by atoms with E-state index in [1.807, 2.05) is 0 Å². The number of nitrogens with zero attached hydrogens (tertiary/aromatic N) is 1. The van der Waals surface area contributed by atoms with Crippen molar-refractivity contribution in [3.05, 3.63) is 35.9 Å². The van der Waals surface area contributed by atoms with E-state index in [1.165, 1.54) is 24.8 Å². The minimum Gasteiger partial charge on any atom is -0.370 e. The average Bonchev–Trinajstić information content (AvgIpc) is 3.19. The van der Waals surface area contributed by atoms with Crippen molar-refractivity contribution < 1.29 is 0 Å². The SMILES string of the molecule is CCCCNC(N)=NCC1(c2ccccc2)CC1. The van der Waals surface area contributed by atoms with E-state index >= 15 is 0 Å². The van der Waals surface area contributed by atoms with Crippen molar-refractivity contribution in [3.63, 3.8) is 0 Å². The number of aliphatic imine (C=N–C) groups is 1. The standard InChI is InChI=1S/C15H23N3/c1-2-3-11-17-14(16)18-12-15(9-10-15)13-7-5-4-6-8-13/h4-8H,2-3,9-12H2,1H3,(H3,16,17,18). The van der Waals surface area contributed by atoms with Crippen molar-refractivity contribution in [2.75, 3.05) is 13.1 Å². The predicted octanol–water partition coefficient (Wildman–Crippen LogP) is 2.42. The van der Waals surface area contributed by atoms with Crippen LogP contribution in [0.2, 0.25) is 0 Å². The third-order valence-corrected chi connectivity index (χ3v) is 3.63. The molecule has 18 heavy (non-hydrogen) atoms. The van der Waals surface area contributed by atoms with Gasteiger partial charge in [0, 0.05) is 12.0 Å². The fraction of sp³-hybridized carbons (Fsp3) is 0.533. The molecule has 98 valence electrons. The van der Waals surface area contributed by atoms with Crippen LogP contribution in [0.3, 0.4) is 0 Å². The van der Waals surface area contributed by atoms with Crippen molar-refractivity contribution in [1.82, 2.24) is 5.32 Å². The second kappa shape index (κ2) is 5.89. The minimum atomic E-state index is 0.262. The van der Waals surface area contributed by atoms with Gasteiger partial charge in [-0.05, 0) is 24.8 Å². The van der Waals surface area contributed by atoms with E-state index in [1.54, 1.807) is 0 Å². The van der Waals surface area contributed by atoms with Crippen LogP contribution in [0.15, 0.2) is 35.3 Å². The maximum absolute atomic E-state index is 5.87. The van der Waals surface area contributed by atoms with E-state index in [-0.39, 0.29) is 5.41 Å². The van der Waals surface area contributed by atoms with Crippen molar-refractivity contribution >= 4 is 5.96 Å². The molecule has 0 aromatic heterocycles. The van der Waals surface area contributed by atoms with Crippen molar-refractivity contribution in [1.29, 1.82) is 0 Å². The lowest BCUT2D eigenvalue weighted by Gasteiger charge is -2.13. The first-order valence-electron chi connectivity index (χ1n) is 6.86. The molecule has 0 atom stereocenters. The lowest BCUT2D eigenvalue weighted by Crippen LogP contribution is -2.33. The van der Waals surface area contributed by atoms with E-state index in [0.29, 0.717) is 5.96 Å². The molecule has 1 saturated carbocycles. The van der Waals surface area contributed by atoms with Gasteiger partial charge in [-0.25, -0.2) is 0 Å². The number of hydrogen-bond acceptors (Lipinski definition) is 1. The van der Waals surface area contributed by atoms with Crippen LogP contribution in [0, 0.1) is 0 Å². The number of guanidine groups is 1. The zero-order valence-corrected chi connectivity index (χ0v) is 11.2. The maximum atomic E-state index is 5.87. The third-order valence-electron chi connectivity index (χ3n) is 3.63. The summed E-state index contributed by atoms with van der Waals surface area (Å²) in [6, 6.07) is 10.7. The molecule has 3 nitrogen and oxygen atoms in total. The number of rotatable bonds is 6. The molecule has 0 radical (unpaired) electrons. The van der Waals surface area contributed by atoms with Gasteiger partial charge in [0.15, 0.2) is 5.96 Å². The normalized spacial score (nSPS) is 17.5. The Labute approximate surface area is 109 Å². The average molecular weight is 245 g/mol. The summed E-state index contributed by atoms with van der Waals surface area (Å²) < 4.78 is 0. The number of unbranched alkanes of at least 4 members (excludes halogenated alkanes) is 1. The Morgan fingerprint density at radius 3 is 2.67 bits per heavy atom. The van der Waals surface area contributed by atoms with E-state index < -0.39 is 0 Å². The largest absolute Gasteiger partial charge is 0.370 e. The van der Waals surface area contributed by atoms with Gasteiger partial charge in [0.1, 0.15) is 0 Å². The van der Waals surface area contributed by atoms with E-state index in [2.05, 4.69) is 47.6 Å². The van der Waals surface area contributed by atoms with E-state index in [9.17, 15) is 0 Å². The summed E-state index contributed by atoms with van der Waals surface area (Å²) in [6.07, 6.45) is 4.76. The highest BCUT2D eigenvalue weighted by Gasteiger charge is 2.43. The molecular formula is C15H23N3. The van der Waals surface area contributed by atoms with Crippen LogP contribution in [0.5, 0.6) is 0 Å². The van der Waals surface area contributed by atoms with Gasteiger partial charge in [-0.2, -0.15) is 0 Å². The summed E-state index contributed by atoms with van der Waals surface area (Å²) in [4.78, 5) is 4.49. The number of benzene rings is 1. The zero-order chi connectivity index (χ0) is 12.8. The van der Waals surface area contributed by atoms with Crippen LogP contribution in [0.4, 0.5) is 0 Å². The van der Waals surface area contributed by atoms with Gasteiger partial charge in [0.05, 0.1) is 6.54 Å². The molecule has 0 heterocycles. The Hall–Kier alpha value is -1.51. The first-order chi connectivity index (χ1) is 8.77. The fourth-order valence-corrected chi connectivity index (χ4v) is 2.17. The van der Waals surface area contributed by atoms with Gasteiger partial charge in [0.25, 0.3) is 0 Å². The molecule has 1 aliphatic rings. The molecule has 0 aliphatic heterocycles.